The lowest BCUT2D eigenvalue weighted by Crippen LogP contribution is -2.29. The highest BCUT2D eigenvalue weighted by atomic mass is 32.2. The Morgan fingerprint density at radius 2 is 2.00 bits per heavy atom. The van der Waals surface area contributed by atoms with Gasteiger partial charge in [0.05, 0.1) is 17.2 Å². The predicted molar refractivity (Wildman–Crippen MR) is 108 cm³/mol. The van der Waals surface area contributed by atoms with Gasteiger partial charge in [-0.3, -0.25) is 14.7 Å². The Labute approximate surface area is 157 Å². The predicted octanol–water partition coefficient (Wildman–Crippen LogP) is 4.51. The van der Waals surface area contributed by atoms with Crippen molar-refractivity contribution in [3.8, 4) is 5.75 Å². The van der Waals surface area contributed by atoms with Crippen molar-refractivity contribution in [3.63, 3.8) is 0 Å². The van der Waals surface area contributed by atoms with Crippen LogP contribution in [0.4, 0.5) is 5.69 Å². The molecule has 132 valence electrons. The third-order valence-electron chi connectivity index (χ3n) is 4.20. The van der Waals surface area contributed by atoms with Gasteiger partial charge < -0.3 is 4.74 Å². The number of nitrogens with zero attached hydrogens (tertiary/aromatic N) is 2. The van der Waals surface area contributed by atoms with Gasteiger partial charge in [-0.25, -0.2) is 0 Å². The number of amidine groups is 1. The number of hydrogen-bond acceptors (Lipinski definition) is 4. The maximum absolute atomic E-state index is 13.1. The van der Waals surface area contributed by atoms with Gasteiger partial charge in [-0.1, -0.05) is 24.3 Å². The van der Waals surface area contributed by atoms with Crippen LogP contribution in [0, 0.1) is 0 Å². The highest BCUT2D eigenvalue weighted by Gasteiger charge is 2.34. The fourth-order valence-electron chi connectivity index (χ4n) is 3.03. The average Bonchev–Trinajstić information content (AvgIpc) is 3.20. The van der Waals surface area contributed by atoms with E-state index in [1.807, 2.05) is 62.4 Å². The van der Waals surface area contributed by atoms with E-state index in [2.05, 4.69) is 11.1 Å². The normalized spacial score (nSPS) is 19.5. The molecule has 0 atom stereocenters. The number of para-hydroxylation sites is 1. The maximum atomic E-state index is 13.1. The molecular formula is C21H20N2O2S. The van der Waals surface area contributed by atoms with E-state index in [1.165, 1.54) is 17.3 Å². The summed E-state index contributed by atoms with van der Waals surface area (Å²) in [7, 11) is 0. The van der Waals surface area contributed by atoms with Crippen molar-refractivity contribution < 1.29 is 9.53 Å². The number of anilines is 1. The van der Waals surface area contributed by atoms with Gasteiger partial charge in [0.15, 0.2) is 5.17 Å². The first-order valence-electron chi connectivity index (χ1n) is 8.74. The minimum Gasteiger partial charge on any atom is -0.493 e. The molecule has 2 aromatic rings. The van der Waals surface area contributed by atoms with Gasteiger partial charge in [0, 0.05) is 12.5 Å². The Bertz CT molecular complexity index is 903. The number of amides is 1. The zero-order chi connectivity index (χ0) is 18.1. The molecular weight excluding hydrogens is 344 g/mol. The number of carbonyl (C=O) groups excluding carboxylic acids is 1. The number of benzene rings is 2. The second kappa shape index (κ2) is 7.00. The Hall–Kier alpha value is -2.53. The smallest absolute Gasteiger partial charge is 0.271 e. The summed E-state index contributed by atoms with van der Waals surface area (Å²) in [6.45, 7) is 4.77. The molecule has 1 amide bonds. The zero-order valence-corrected chi connectivity index (χ0v) is 15.6. The summed E-state index contributed by atoms with van der Waals surface area (Å²) in [5, 5.41) is 0.729. The summed E-state index contributed by atoms with van der Waals surface area (Å²) in [4.78, 5) is 20.1. The topological polar surface area (TPSA) is 41.9 Å². The first-order valence-corrected chi connectivity index (χ1v) is 9.56. The summed E-state index contributed by atoms with van der Waals surface area (Å²) in [5.41, 5.74) is 3.06. The lowest BCUT2D eigenvalue weighted by molar-refractivity contribution is -0.113. The highest BCUT2D eigenvalue weighted by molar-refractivity contribution is 8.19. The van der Waals surface area contributed by atoms with E-state index in [1.54, 1.807) is 4.90 Å². The lowest BCUT2D eigenvalue weighted by atomic mass is 10.1. The summed E-state index contributed by atoms with van der Waals surface area (Å²) in [5.74, 6) is 0.919. The summed E-state index contributed by atoms with van der Waals surface area (Å²) in [6.07, 6.45) is 2.87. The van der Waals surface area contributed by atoms with Crippen LogP contribution < -0.4 is 9.64 Å². The standard InChI is InChI=1S/C21H20N2O2S/c1-14(2)22-21-23(17-6-4-3-5-7-17)20(24)19(26-21)13-15-8-9-18-16(12-15)10-11-25-18/h3-9,12-14H,10-11H2,1-2H3/b19-13-,22-21-. The molecule has 0 radical (unpaired) electrons. The molecule has 4 nitrogen and oxygen atoms in total. The van der Waals surface area contributed by atoms with Gasteiger partial charge in [-0.05, 0) is 67.1 Å². The molecule has 0 spiro atoms. The van der Waals surface area contributed by atoms with Crippen molar-refractivity contribution in [1.82, 2.24) is 0 Å². The molecule has 0 aromatic heterocycles. The van der Waals surface area contributed by atoms with E-state index in [9.17, 15) is 4.79 Å². The van der Waals surface area contributed by atoms with Crippen molar-refractivity contribution in [3.05, 3.63) is 64.6 Å². The molecule has 0 bridgehead atoms. The molecule has 2 heterocycles. The van der Waals surface area contributed by atoms with Crippen molar-refractivity contribution in [2.24, 2.45) is 4.99 Å². The van der Waals surface area contributed by atoms with Crippen molar-refractivity contribution in [2.45, 2.75) is 26.3 Å². The van der Waals surface area contributed by atoms with E-state index in [-0.39, 0.29) is 11.9 Å². The van der Waals surface area contributed by atoms with Gasteiger partial charge >= 0.3 is 0 Å². The van der Waals surface area contributed by atoms with Crippen LogP contribution in [0.2, 0.25) is 0 Å². The van der Waals surface area contributed by atoms with Crippen LogP contribution in [0.5, 0.6) is 5.75 Å². The molecule has 2 aliphatic heterocycles. The molecule has 4 rings (SSSR count). The lowest BCUT2D eigenvalue weighted by Gasteiger charge is -2.16. The maximum Gasteiger partial charge on any atom is 0.271 e. The summed E-state index contributed by atoms with van der Waals surface area (Å²) < 4.78 is 5.56. The van der Waals surface area contributed by atoms with Gasteiger partial charge in [-0.15, -0.1) is 0 Å². The largest absolute Gasteiger partial charge is 0.493 e. The molecule has 0 aliphatic carbocycles. The van der Waals surface area contributed by atoms with Crippen LogP contribution in [-0.2, 0) is 11.2 Å². The molecule has 2 aromatic carbocycles. The third kappa shape index (κ3) is 3.27. The molecule has 1 saturated heterocycles. The molecule has 1 fully saturated rings. The van der Waals surface area contributed by atoms with Crippen LogP contribution in [0.3, 0.4) is 0 Å². The van der Waals surface area contributed by atoms with E-state index >= 15 is 0 Å². The van der Waals surface area contributed by atoms with Crippen molar-refractivity contribution in [1.29, 1.82) is 0 Å². The number of thioether (sulfide) groups is 1. The molecule has 5 heteroatoms. The van der Waals surface area contributed by atoms with Gasteiger partial charge in [0.25, 0.3) is 5.91 Å². The Balaban J connectivity index is 1.71. The second-order valence-corrected chi connectivity index (χ2v) is 7.57. The molecule has 0 N–H and O–H groups in total. The highest BCUT2D eigenvalue weighted by Crippen LogP contribution is 2.37. The fourth-order valence-corrected chi connectivity index (χ4v) is 4.15. The number of rotatable bonds is 3. The van der Waals surface area contributed by atoms with Crippen molar-refractivity contribution >= 4 is 34.6 Å². The van der Waals surface area contributed by atoms with E-state index in [0.717, 1.165) is 35.2 Å². The summed E-state index contributed by atoms with van der Waals surface area (Å²) >= 11 is 1.43. The van der Waals surface area contributed by atoms with Crippen LogP contribution in [-0.4, -0.2) is 23.7 Å². The SMILES string of the molecule is CC(C)/N=C1\S/C(=C\c2ccc3c(c2)CCO3)C(=O)N1c1ccccc1. The first kappa shape index (κ1) is 16.9. The van der Waals surface area contributed by atoms with Gasteiger partial charge in [-0.2, -0.15) is 0 Å². The number of carbonyl (C=O) groups is 1. The summed E-state index contributed by atoms with van der Waals surface area (Å²) in [6, 6.07) is 15.9. The molecule has 0 unspecified atom stereocenters. The number of hydrogen-bond donors (Lipinski definition) is 0. The first-order chi connectivity index (χ1) is 12.6. The van der Waals surface area contributed by atoms with E-state index in [4.69, 9.17) is 4.74 Å². The third-order valence-corrected chi connectivity index (χ3v) is 5.18. The Kier molecular flexibility index (Phi) is 4.55. The molecule has 26 heavy (non-hydrogen) atoms. The zero-order valence-electron chi connectivity index (χ0n) is 14.8. The van der Waals surface area contributed by atoms with Gasteiger partial charge in [0.2, 0.25) is 0 Å². The minimum absolute atomic E-state index is 0.0302. The van der Waals surface area contributed by atoms with Crippen LogP contribution in [0.1, 0.15) is 25.0 Å². The average molecular weight is 364 g/mol. The van der Waals surface area contributed by atoms with E-state index in [0.29, 0.717) is 4.91 Å². The Morgan fingerprint density at radius 3 is 2.77 bits per heavy atom. The minimum atomic E-state index is -0.0302. The molecule has 2 aliphatic rings. The Morgan fingerprint density at radius 1 is 1.19 bits per heavy atom. The quantitative estimate of drug-likeness (QED) is 0.753. The second-order valence-electron chi connectivity index (χ2n) is 6.56. The molecule has 0 saturated carbocycles. The van der Waals surface area contributed by atoms with Crippen LogP contribution in [0.25, 0.3) is 6.08 Å². The fraction of sp³-hybridized carbons (Fsp3) is 0.238. The van der Waals surface area contributed by atoms with Gasteiger partial charge in [0.1, 0.15) is 5.75 Å². The van der Waals surface area contributed by atoms with Crippen LogP contribution >= 0.6 is 11.8 Å². The number of fused-ring (bicyclic) bond motifs is 1. The number of ether oxygens (including phenoxy) is 1. The van der Waals surface area contributed by atoms with Crippen molar-refractivity contribution in [2.75, 3.05) is 11.5 Å². The van der Waals surface area contributed by atoms with Crippen LogP contribution in [0.15, 0.2) is 58.4 Å². The monoisotopic (exact) mass is 364 g/mol. The van der Waals surface area contributed by atoms with E-state index < -0.39 is 0 Å². The number of aliphatic imine (C=N–C) groups is 1.